The van der Waals surface area contributed by atoms with E-state index in [0.717, 1.165) is 12.6 Å². The highest BCUT2D eigenvalue weighted by atomic mass is 15.2. The van der Waals surface area contributed by atoms with E-state index in [9.17, 15) is 0 Å². The Bertz CT molecular complexity index is 407. The number of hydrogen-bond donors (Lipinski definition) is 1. The second-order valence-corrected chi connectivity index (χ2v) is 6.54. The molecule has 2 rings (SSSR count). The monoisotopic (exact) mass is 260 g/mol. The summed E-state index contributed by atoms with van der Waals surface area (Å²) >= 11 is 0. The maximum absolute atomic E-state index is 6.32. The molecule has 0 spiro atoms. The maximum Gasteiger partial charge on any atom is 0.0499 e. The summed E-state index contributed by atoms with van der Waals surface area (Å²) in [7, 11) is 0. The van der Waals surface area contributed by atoms with Gasteiger partial charge in [0, 0.05) is 24.7 Å². The van der Waals surface area contributed by atoms with Crippen molar-refractivity contribution in [3.8, 4) is 0 Å². The zero-order valence-electron chi connectivity index (χ0n) is 12.8. The van der Waals surface area contributed by atoms with Gasteiger partial charge in [-0.25, -0.2) is 0 Å². The molecule has 0 saturated heterocycles. The molecule has 1 aliphatic rings. The average Bonchev–Trinajstić information content (AvgIpc) is 3.10. The summed E-state index contributed by atoms with van der Waals surface area (Å²) in [5, 5.41) is 0. The van der Waals surface area contributed by atoms with E-state index in [2.05, 4.69) is 56.9 Å². The van der Waals surface area contributed by atoms with Crippen LogP contribution < -0.4 is 5.73 Å². The van der Waals surface area contributed by atoms with Gasteiger partial charge in [0.25, 0.3) is 0 Å². The predicted octanol–water partition coefficient (Wildman–Crippen LogP) is 3.50. The summed E-state index contributed by atoms with van der Waals surface area (Å²) in [5.74, 6) is 0.687. The standard InChI is InChI=1S/C17H28N2/c1-12(2)11-19(16-8-9-16)17(14(4)18)15-7-5-6-13(3)10-15/h5-7,10,12,14,16-17H,8-9,11,18H2,1-4H3. The third-order valence-electron chi connectivity index (χ3n) is 3.83. The Morgan fingerprint density at radius 2 is 1.95 bits per heavy atom. The second-order valence-electron chi connectivity index (χ2n) is 6.54. The molecular weight excluding hydrogens is 232 g/mol. The number of aryl methyl sites for hydroxylation is 1. The van der Waals surface area contributed by atoms with Crippen molar-refractivity contribution in [2.75, 3.05) is 6.54 Å². The first-order valence-electron chi connectivity index (χ1n) is 7.57. The third-order valence-corrected chi connectivity index (χ3v) is 3.83. The second kappa shape index (κ2) is 6.06. The van der Waals surface area contributed by atoms with E-state index in [4.69, 9.17) is 5.73 Å². The minimum absolute atomic E-state index is 0.168. The lowest BCUT2D eigenvalue weighted by Crippen LogP contribution is -2.42. The Morgan fingerprint density at radius 1 is 1.26 bits per heavy atom. The van der Waals surface area contributed by atoms with Crippen LogP contribution in [0.15, 0.2) is 24.3 Å². The first-order valence-corrected chi connectivity index (χ1v) is 7.57. The molecular formula is C17H28N2. The zero-order chi connectivity index (χ0) is 14.0. The van der Waals surface area contributed by atoms with E-state index in [1.807, 2.05) is 0 Å². The van der Waals surface area contributed by atoms with Gasteiger partial charge in [0.05, 0.1) is 0 Å². The fourth-order valence-electron chi connectivity index (χ4n) is 2.97. The lowest BCUT2D eigenvalue weighted by atomic mass is 9.96. The molecule has 19 heavy (non-hydrogen) atoms. The molecule has 0 bridgehead atoms. The van der Waals surface area contributed by atoms with Crippen LogP contribution in [-0.2, 0) is 0 Å². The van der Waals surface area contributed by atoms with Gasteiger partial charge >= 0.3 is 0 Å². The van der Waals surface area contributed by atoms with Crippen molar-refractivity contribution in [2.45, 2.75) is 58.7 Å². The molecule has 0 amide bonds. The van der Waals surface area contributed by atoms with Gasteiger partial charge in [-0.2, -0.15) is 0 Å². The summed E-state index contributed by atoms with van der Waals surface area (Å²) in [6, 6.07) is 10.1. The number of nitrogens with zero attached hydrogens (tertiary/aromatic N) is 1. The Labute approximate surface area is 118 Å². The van der Waals surface area contributed by atoms with Crippen molar-refractivity contribution in [2.24, 2.45) is 11.7 Å². The molecule has 1 aliphatic carbocycles. The van der Waals surface area contributed by atoms with Crippen molar-refractivity contribution >= 4 is 0 Å². The molecule has 1 saturated carbocycles. The quantitative estimate of drug-likeness (QED) is 0.848. The predicted molar refractivity (Wildman–Crippen MR) is 82.1 cm³/mol. The van der Waals surface area contributed by atoms with Crippen LogP contribution in [0.4, 0.5) is 0 Å². The summed E-state index contributed by atoms with van der Waals surface area (Å²) in [6.45, 7) is 10.0. The van der Waals surface area contributed by atoms with Crippen LogP contribution in [0.3, 0.4) is 0 Å². The SMILES string of the molecule is Cc1cccc(C(C(C)N)N(CC(C)C)C2CC2)c1. The van der Waals surface area contributed by atoms with Crippen LogP contribution in [-0.4, -0.2) is 23.5 Å². The van der Waals surface area contributed by atoms with Crippen LogP contribution in [0.25, 0.3) is 0 Å². The van der Waals surface area contributed by atoms with Crippen molar-refractivity contribution in [3.63, 3.8) is 0 Å². The molecule has 0 heterocycles. The van der Waals surface area contributed by atoms with E-state index in [1.54, 1.807) is 0 Å². The average molecular weight is 260 g/mol. The van der Waals surface area contributed by atoms with Crippen LogP contribution in [0.1, 0.15) is 50.8 Å². The van der Waals surface area contributed by atoms with E-state index < -0.39 is 0 Å². The van der Waals surface area contributed by atoms with E-state index in [0.29, 0.717) is 12.0 Å². The van der Waals surface area contributed by atoms with E-state index >= 15 is 0 Å². The van der Waals surface area contributed by atoms with E-state index in [-0.39, 0.29) is 6.04 Å². The van der Waals surface area contributed by atoms with Crippen molar-refractivity contribution in [1.29, 1.82) is 0 Å². The molecule has 2 atom stereocenters. The summed E-state index contributed by atoms with van der Waals surface area (Å²) in [4.78, 5) is 2.64. The Balaban J connectivity index is 2.26. The topological polar surface area (TPSA) is 29.3 Å². The highest BCUT2D eigenvalue weighted by Crippen LogP contribution is 2.36. The van der Waals surface area contributed by atoms with Crippen LogP contribution >= 0.6 is 0 Å². The normalized spacial score (nSPS) is 18.9. The highest BCUT2D eigenvalue weighted by molar-refractivity contribution is 5.26. The molecule has 2 nitrogen and oxygen atoms in total. The van der Waals surface area contributed by atoms with Crippen LogP contribution in [0, 0.1) is 12.8 Å². The number of hydrogen-bond acceptors (Lipinski definition) is 2. The first kappa shape index (κ1) is 14.5. The van der Waals surface area contributed by atoms with Gasteiger partial charge in [0.1, 0.15) is 0 Å². The third kappa shape index (κ3) is 3.80. The van der Waals surface area contributed by atoms with Gasteiger partial charge in [-0.3, -0.25) is 4.90 Å². The molecule has 0 aromatic heterocycles. The minimum Gasteiger partial charge on any atom is -0.326 e. The van der Waals surface area contributed by atoms with Gasteiger partial charge in [-0.05, 0) is 38.2 Å². The van der Waals surface area contributed by atoms with Gasteiger partial charge in [-0.1, -0.05) is 43.7 Å². The van der Waals surface area contributed by atoms with Crippen LogP contribution in [0.2, 0.25) is 0 Å². The lowest BCUT2D eigenvalue weighted by Gasteiger charge is -2.36. The summed E-state index contributed by atoms with van der Waals surface area (Å²) in [5.41, 5.74) is 9.02. The summed E-state index contributed by atoms with van der Waals surface area (Å²) < 4.78 is 0. The van der Waals surface area contributed by atoms with Gasteiger partial charge in [0.2, 0.25) is 0 Å². The number of rotatable bonds is 6. The largest absolute Gasteiger partial charge is 0.326 e. The number of nitrogens with two attached hydrogens (primary N) is 1. The minimum atomic E-state index is 0.168. The molecule has 2 N–H and O–H groups in total. The number of benzene rings is 1. The Morgan fingerprint density at radius 3 is 2.42 bits per heavy atom. The maximum atomic E-state index is 6.32. The van der Waals surface area contributed by atoms with E-state index in [1.165, 1.54) is 24.0 Å². The molecule has 1 aromatic rings. The Hall–Kier alpha value is -0.860. The fraction of sp³-hybridized carbons (Fsp3) is 0.647. The first-order chi connectivity index (χ1) is 8.99. The highest BCUT2D eigenvalue weighted by Gasteiger charge is 2.36. The van der Waals surface area contributed by atoms with Crippen molar-refractivity contribution in [1.82, 2.24) is 4.90 Å². The molecule has 0 radical (unpaired) electrons. The van der Waals surface area contributed by atoms with Crippen LogP contribution in [0.5, 0.6) is 0 Å². The molecule has 2 heteroatoms. The van der Waals surface area contributed by atoms with Gasteiger partial charge in [0.15, 0.2) is 0 Å². The zero-order valence-corrected chi connectivity index (χ0v) is 12.8. The molecule has 2 unspecified atom stereocenters. The summed E-state index contributed by atoms with van der Waals surface area (Å²) in [6.07, 6.45) is 2.67. The molecule has 106 valence electrons. The molecule has 0 aliphatic heterocycles. The van der Waals surface area contributed by atoms with Gasteiger partial charge in [-0.15, -0.1) is 0 Å². The fourth-order valence-corrected chi connectivity index (χ4v) is 2.97. The smallest absolute Gasteiger partial charge is 0.0499 e. The van der Waals surface area contributed by atoms with Crippen molar-refractivity contribution < 1.29 is 0 Å². The molecule has 1 fully saturated rings. The lowest BCUT2D eigenvalue weighted by molar-refractivity contribution is 0.147. The Kier molecular flexibility index (Phi) is 4.64. The van der Waals surface area contributed by atoms with Gasteiger partial charge < -0.3 is 5.73 Å². The van der Waals surface area contributed by atoms with Crippen molar-refractivity contribution in [3.05, 3.63) is 35.4 Å². The molecule has 1 aromatic carbocycles.